The maximum atomic E-state index is 12.4. The lowest BCUT2D eigenvalue weighted by Gasteiger charge is -2.20. The van der Waals surface area contributed by atoms with E-state index in [9.17, 15) is 4.79 Å². The molecule has 1 aromatic carbocycles. The smallest absolute Gasteiger partial charge is 0.305 e. The molecule has 0 atom stereocenters. The van der Waals surface area contributed by atoms with Crippen molar-refractivity contribution in [1.82, 2.24) is 15.8 Å². The van der Waals surface area contributed by atoms with Crippen LogP contribution in [-0.2, 0) is 6.54 Å². The average molecular weight is 447 g/mol. The first-order valence-electron chi connectivity index (χ1n) is 11.0. The molecular weight excluding hydrogens is 412 g/mol. The fourth-order valence-electron chi connectivity index (χ4n) is 2.98. The number of rotatable bonds is 12. The highest BCUT2D eigenvalue weighted by atomic mass is 32.1. The van der Waals surface area contributed by atoms with Crippen molar-refractivity contribution in [3.63, 3.8) is 0 Å². The van der Waals surface area contributed by atoms with Crippen molar-refractivity contribution in [2.24, 2.45) is 0 Å². The number of benzene rings is 1. The number of unbranched alkanes of at least 4 members (excludes halogenated alkanes) is 2. The highest BCUT2D eigenvalue weighted by Crippen LogP contribution is 2.15. The van der Waals surface area contributed by atoms with Crippen LogP contribution in [-0.4, -0.2) is 35.6 Å². The molecule has 7 nitrogen and oxygen atoms in total. The summed E-state index contributed by atoms with van der Waals surface area (Å²) in [4.78, 5) is 14.8. The van der Waals surface area contributed by atoms with E-state index in [0.717, 1.165) is 56.0 Å². The maximum absolute atomic E-state index is 12.4. The summed E-state index contributed by atoms with van der Waals surface area (Å²) in [7, 11) is 0. The second kappa shape index (κ2) is 13.7. The van der Waals surface area contributed by atoms with Crippen molar-refractivity contribution in [3.8, 4) is 5.75 Å². The third kappa shape index (κ3) is 8.98. The van der Waals surface area contributed by atoms with E-state index in [1.165, 1.54) is 0 Å². The minimum atomic E-state index is -0.379. The molecule has 0 saturated carbocycles. The van der Waals surface area contributed by atoms with E-state index < -0.39 is 0 Å². The molecule has 31 heavy (non-hydrogen) atoms. The second-order valence-corrected chi connectivity index (χ2v) is 7.65. The Kier molecular flexibility index (Phi) is 10.9. The highest BCUT2D eigenvalue weighted by molar-refractivity contribution is 7.80. The van der Waals surface area contributed by atoms with Gasteiger partial charge in [0.2, 0.25) is 0 Å². The maximum Gasteiger partial charge on any atom is 0.305 e. The van der Waals surface area contributed by atoms with Gasteiger partial charge in [0.15, 0.2) is 10.9 Å². The molecule has 2 aromatic rings. The van der Waals surface area contributed by atoms with Gasteiger partial charge in [0, 0.05) is 5.69 Å². The van der Waals surface area contributed by atoms with Gasteiger partial charge in [-0.2, -0.15) is 0 Å². The average Bonchev–Trinajstić information content (AvgIpc) is 3.24. The molecule has 1 amide bonds. The molecule has 8 heteroatoms. The summed E-state index contributed by atoms with van der Waals surface area (Å²) in [6.45, 7) is 9.70. The number of anilines is 1. The third-order valence-electron chi connectivity index (χ3n) is 4.63. The number of carbonyl (C=O) groups is 1. The lowest BCUT2D eigenvalue weighted by molar-refractivity contribution is 0.0912. The van der Waals surface area contributed by atoms with Crippen LogP contribution >= 0.6 is 12.2 Å². The predicted molar refractivity (Wildman–Crippen MR) is 128 cm³/mol. The summed E-state index contributed by atoms with van der Waals surface area (Å²) in [5.41, 5.74) is 6.04. The lowest BCUT2D eigenvalue weighted by atomic mass is 10.2. The van der Waals surface area contributed by atoms with Crippen LogP contribution < -0.4 is 20.9 Å². The number of nitrogens with zero attached hydrogens (tertiary/aromatic N) is 1. The number of carbonyl (C=O) groups excluding carboxylic acids is 1. The molecule has 0 aliphatic carbocycles. The van der Waals surface area contributed by atoms with Gasteiger partial charge in [-0.25, -0.2) is 0 Å². The van der Waals surface area contributed by atoms with Gasteiger partial charge in [-0.3, -0.25) is 20.5 Å². The molecule has 0 aliphatic rings. The van der Waals surface area contributed by atoms with Gasteiger partial charge < -0.3 is 14.5 Å². The summed E-state index contributed by atoms with van der Waals surface area (Å²) < 4.78 is 11.2. The van der Waals surface area contributed by atoms with Gasteiger partial charge in [-0.05, 0) is 81.5 Å². The quantitative estimate of drug-likeness (QED) is 0.322. The summed E-state index contributed by atoms with van der Waals surface area (Å²) in [5.74, 6) is 1.44. The zero-order valence-corrected chi connectivity index (χ0v) is 19.5. The molecule has 1 heterocycles. The van der Waals surface area contributed by atoms with E-state index in [1.54, 1.807) is 6.07 Å². The van der Waals surface area contributed by atoms with Gasteiger partial charge in [0.1, 0.15) is 11.5 Å². The number of amides is 1. The minimum Gasteiger partial charge on any atom is -0.494 e. The molecule has 1 aromatic heterocycles. The molecule has 2 rings (SSSR count). The molecule has 0 aliphatic heterocycles. The van der Waals surface area contributed by atoms with Crippen LogP contribution in [0.25, 0.3) is 0 Å². The minimum absolute atomic E-state index is 0.248. The Bertz CT molecular complexity index is 799. The number of nitrogens with one attached hydrogen (secondary N) is 3. The highest BCUT2D eigenvalue weighted by Gasteiger charge is 2.14. The van der Waals surface area contributed by atoms with Crippen LogP contribution in [0, 0.1) is 0 Å². The Morgan fingerprint density at radius 1 is 1.00 bits per heavy atom. The molecule has 0 spiro atoms. The number of thiocarbonyl (C=S) groups is 1. The fourth-order valence-corrected chi connectivity index (χ4v) is 3.15. The molecule has 170 valence electrons. The Balaban J connectivity index is 1.81. The first-order chi connectivity index (χ1) is 15.0. The predicted octanol–water partition coefficient (Wildman–Crippen LogP) is 4.71. The van der Waals surface area contributed by atoms with Crippen molar-refractivity contribution in [3.05, 3.63) is 47.9 Å². The second-order valence-electron chi connectivity index (χ2n) is 7.24. The normalized spacial score (nSPS) is 10.7. The van der Waals surface area contributed by atoms with Crippen LogP contribution in [0.1, 0.15) is 62.8 Å². The summed E-state index contributed by atoms with van der Waals surface area (Å²) in [5, 5.41) is 3.27. The van der Waals surface area contributed by atoms with Gasteiger partial charge in [-0.1, -0.05) is 26.7 Å². The van der Waals surface area contributed by atoms with E-state index in [4.69, 9.17) is 21.4 Å². The van der Waals surface area contributed by atoms with Gasteiger partial charge in [0.25, 0.3) is 0 Å². The largest absolute Gasteiger partial charge is 0.494 e. The summed E-state index contributed by atoms with van der Waals surface area (Å²) in [6, 6.07) is 10.9. The molecular formula is C23H34N4O3S. The number of hydrazine groups is 1. The van der Waals surface area contributed by atoms with Crippen LogP contribution in [0.15, 0.2) is 40.8 Å². The zero-order valence-electron chi connectivity index (χ0n) is 18.7. The van der Waals surface area contributed by atoms with Crippen molar-refractivity contribution < 1.29 is 13.9 Å². The summed E-state index contributed by atoms with van der Waals surface area (Å²) >= 11 is 5.23. The Morgan fingerprint density at radius 2 is 1.68 bits per heavy atom. The van der Waals surface area contributed by atoms with Gasteiger partial charge in [-0.15, -0.1) is 0 Å². The molecule has 0 unspecified atom stereocenters. The Hall–Kier alpha value is -2.58. The lowest BCUT2D eigenvalue weighted by Crippen LogP contribution is -2.43. The monoisotopic (exact) mass is 446 g/mol. The van der Waals surface area contributed by atoms with Crippen LogP contribution in [0.5, 0.6) is 5.75 Å². The molecule has 0 radical (unpaired) electrons. The van der Waals surface area contributed by atoms with Gasteiger partial charge >= 0.3 is 5.91 Å². The topological polar surface area (TPSA) is 78.8 Å². The SMILES string of the molecule is CCCCN(CCCC)Cc1ccc(C(=O)NNC(=S)Nc2ccc(OCC)cc2)o1. The van der Waals surface area contributed by atoms with Crippen molar-refractivity contribution in [2.45, 2.75) is 53.0 Å². The van der Waals surface area contributed by atoms with E-state index in [1.807, 2.05) is 37.3 Å². The van der Waals surface area contributed by atoms with Crippen LogP contribution in [0.4, 0.5) is 5.69 Å². The van der Waals surface area contributed by atoms with E-state index in [0.29, 0.717) is 13.2 Å². The first kappa shape index (κ1) is 24.7. The van der Waals surface area contributed by atoms with Crippen LogP contribution in [0.2, 0.25) is 0 Å². The first-order valence-corrected chi connectivity index (χ1v) is 11.4. The summed E-state index contributed by atoms with van der Waals surface area (Å²) in [6.07, 6.45) is 4.62. The van der Waals surface area contributed by atoms with E-state index in [-0.39, 0.29) is 16.8 Å². The van der Waals surface area contributed by atoms with Crippen molar-refractivity contribution in [2.75, 3.05) is 25.0 Å². The van der Waals surface area contributed by atoms with Gasteiger partial charge in [0.05, 0.1) is 13.2 Å². The van der Waals surface area contributed by atoms with E-state index in [2.05, 4.69) is 34.9 Å². The van der Waals surface area contributed by atoms with Crippen molar-refractivity contribution in [1.29, 1.82) is 0 Å². The number of hydrogen-bond acceptors (Lipinski definition) is 5. The number of ether oxygens (including phenoxy) is 1. The number of hydrogen-bond donors (Lipinski definition) is 3. The Morgan fingerprint density at radius 3 is 2.29 bits per heavy atom. The standard InChI is InChI=1S/C23H34N4O3S/c1-4-7-15-27(16-8-5-2)17-20-13-14-21(30-20)22(28)25-26-23(31)24-18-9-11-19(12-10-18)29-6-3/h9-14H,4-8,15-17H2,1-3H3,(H,25,28)(H2,24,26,31). The molecule has 0 fully saturated rings. The molecule has 0 saturated heterocycles. The fraction of sp³-hybridized carbons (Fsp3) is 0.478. The Labute approximate surface area is 190 Å². The van der Waals surface area contributed by atoms with Crippen molar-refractivity contribution >= 4 is 28.9 Å². The number of furan rings is 1. The third-order valence-corrected chi connectivity index (χ3v) is 4.84. The van der Waals surface area contributed by atoms with E-state index >= 15 is 0 Å². The molecule has 3 N–H and O–H groups in total. The zero-order chi connectivity index (χ0) is 22.5. The van der Waals surface area contributed by atoms with Crippen LogP contribution in [0.3, 0.4) is 0 Å². The molecule has 0 bridgehead atoms.